The van der Waals surface area contributed by atoms with E-state index < -0.39 is 0 Å². The average Bonchev–Trinajstić information content (AvgIpc) is 2.66. The van der Waals surface area contributed by atoms with Crippen LogP contribution in [0.3, 0.4) is 0 Å². The molecule has 0 bridgehead atoms. The van der Waals surface area contributed by atoms with E-state index in [1.165, 1.54) is 0 Å². The van der Waals surface area contributed by atoms with Crippen molar-refractivity contribution in [3.05, 3.63) is 23.1 Å². The molecule has 2 aromatic rings. The van der Waals surface area contributed by atoms with Gasteiger partial charge in [-0.25, -0.2) is 9.97 Å². The van der Waals surface area contributed by atoms with E-state index in [9.17, 15) is 0 Å². The first-order valence-electron chi connectivity index (χ1n) is 6.88. The highest BCUT2D eigenvalue weighted by Crippen LogP contribution is 2.32. The first-order valence-corrected chi connectivity index (χ1v) is 7.69. The highest BCUT2D eigenvalue weighted by molar-refractivity contribution is 6.31. The summed E-state index contributed by atoms with van der Waals surface area (Å²) in [5.41, 5.74) is 1.79. The van der Waals surface area contributed by atoms with Gasteiger partial charge < -0.3 is 4.57 Å². The summed E-state index contributed by atoms with van der Waals surface area (Å²) < 4.78 is 2.13. The van der Waals surface area contributed by atoms with Crippen LogP contribution in [0.15, 0.2) is 12.3 Å². The fourth-order valence-electron chi connectivity index (χ4n) is 2.05. The van der Waals surface area contributed by atoms with Crippen molar-refractivity contribution in [2.24, 2.45) is 11.3 Å². The van der Waals surface area contributed by atoms with Crippen LogP contribution >= 0.6 is 23.2 Å². The van der Waals surface area contributed by atoms with Crippen LogP contribution in [-0.2, 0) is 6.54 Å². The van der Waals surface area contributed by atoms with E-state index in [4.69, 9.17) is 23.2 Å². The lowest BCUT2D eigenvalue weighted by Crippen LogP contribution is -2.26. The molecule has 2 aromatic heterocycles. The quantitative estimate of drug-likeness (QED) is 0.738. The van der Waals surface area contributed by atoms with Crippen LogP contribution < -0.4 is 0 Å². The maximum absolute atomic E-state index is 6.28. The highest BCUT2D eigenvalue weighted by Gasteiger charge is 2.26. The monoisotopic (exact) mass is 313 g/mol. The van der Waals surface area contributed by atoms with Gasteiger partial charge in [0.1, 0.15) is 11.3 Å². The Labute approximate surface area is 130 Å². The Balaban J connectivity index is 2.57. The largest absolute Gasteiger partial charge is 0.311 e. The predicted octanol–water partition coefficient (Wildman–Crippen LogP) is 5.07. The zero-order valence-electron chi connectivity index (χ0n) is 12.6. The summed E-state index contributed by atoms with van der Waals surface area (Å²) in [6, 6.07) is 1.84. The van der Waals surface area contributed by atoms with Crippen molar-refractivity contribution in [3.63, 3.8) is 0 Å². The minimum Gasteiger partial charge on any atom is -0.311 e. The Morgan fingerprint density at radius 2 is 1.95 bits per heavy atom. The molecule has 0 saturated heterocycles. The van der Waals surface area contributed by atoms with E-state index >= 15 is 0 Å². The average molecular weight is 314 g/mol. The van der Waals surface area contributed by atoms with Gasteiger partial charge in [0.05, 0.1) is 10.4 Å². The van der Waals surface area contributed by atoms with Gasteiger partial charge in [0.25, 0.3) is 0 Å². The van der Waals surface area contributed by atoms with Crippen LogP contribution in [0.5, 0.6) is 0 Å². The maximum atomic E-state index is 6.28. The molecular formula is C15H21Cl2N3. The molecule has 3 nitrogen and oxygen atoms in total. The summed E-state index contributed by atoms with van der Waals surface area (Å²) in [7, 11) is 0. The number of rotatable bonds is 4. The molecule has 0 N–H and O–H groups in total. The topological polar surface area (TPSA) is 30.7 Å². The molecule has 1 unspecified atom stereocenters. The minimum absolute atomic E-state index is 0.134. The van der Waals surface area contributed by atoms with Crippen molar-refractivity contribution in [1.29, 1.82) is 0 Å². The molecule has 0 aliphatic carbocycles. The molecule has 5 heteroatoms. The van der Waals surface area contributed by atoms with Gasteiger partial charge in [0.2, 0.25) is 0 Å². The number of hydrogen-bond acceptors (Lipinski definition) is 2. The molecule has 0 aromatic carbocycles. The number of pyridine rings is 1. The van der Waals surface area contributed by atoms with Gasteiger partial charge in [0.15, 0.2) is 5.65 Å². The van der Waals surface area contributed by atoms with Crippen molar-refractivity contribution < 1.29 is 0 Å². The van der Waals surface area contributed by atoms with Crippen molar-refractivity contribution in [1.82, 2.24) is 14.5 Å². The van der Waals surface area contributed by atoms with Gasteiger partial charge in [-0.15, -0.1) is 11.6 Å². The van der Waals surface area contributed by atoms with Gasteiger partial charge in [-0.2, -0.15) is 0 Å². The Morgan fingerprint density at radius 3 is 2.50 bits per heavy atom. The van der Waals surface area contributed by atoms with E-state index in [0.717, 1.165) is 23.5 Å². The molecule has 20 heavy (non-hydrogen) atoms. The second kappa shape index (κ2) is 5.53. The molecule has 0 radical (unpaired) electrons. The third-order valence-electron chi connectivity index (χ3n) is 4.07. The number of imidazole rings is 1. The Kier molecular flexibility index (Phi) is 4.31. The lowest BCUT2D eigenvalue weighted by molar-refractivity contribution is 0.210. The van der Waals surface area contributed by atoms with Crippen LogP contribution in [0.25, 0.3) is 11.2 Å². The Morgan fingerprint density at radius 1 is 1.30 bits per heavy atom. The maximum Gasteiger partial charge on any atom is 0.160 e. The summed E-state index contributed by atoms with van der Waals surface area (Å²) in [4.78, 5) is 9.04. The molecule has 0 fully saturated rings. The van der Waals surface area contributed by atoms with Crippen LogP contribution in [0.2, 0.25) is 5.02 Å². The molecule has 0 saturated carbocycles. The fraction of sp³-hybridized carbons (Fsp3) is 0.600. The van der Waals surface area contributed by atoms with Gasteiger partial charge >= 0.3 is 0 Å². The van der Waals surface area contributed by atoms with Gasteiger partial charge in [0, 0.05) is 12.7 Å². The first-order chi connectivity index (χ1) is 9.22. The zero-order valence-corrected chi connectivity index (χ0v) is 14.1. The zero-order chi connectivity index (χ0) is 15.1. The standard InChI is InChI=1S/C15H21Cl2N3/c1-9(2)15(4,5)8-20-13(10(3)16)19-12-6-11(17)7-18-14(12)20/h6-7,9-10H,8H2,1-5H3. The molecule has 0 spiro atoms. The molecule has 110 valence electrons. The third kappa shape index (κ3) is 2.94. The molecule has 2 heterocycles. The summed E-state index contributed by atoms with van der Waals surface area (Å²) >= 11 is 12.3. The molecular weight excluding hydrogens is 293 g/mol. The Hall–Kier alpha value is -0.800. The summed E-state index contributed by atoms with van der Waals surface area (Å²) in [5.74, 6) is 1.40. The van der Waals surface area contributed by atoms with E-state index in [1.807, 2.05) is 13.0 Å². The van der Waals surface area contributed by atoms with Crippen molar-refractivity contribution in [3.8, 4) is 0 Å². The number of nitrogens with zero attached hydrogens (tertiary/aromatic N) is 3. The number of halogens is 2. The minimum atomic E-state index is -0.161. The highest BCUT2D eigenvalue weighted by atomic mass is 35.5. The molecule has 0 amide bonds. The van der Waals surface area contributed by atoms with Crippen LogP contribution in [0, 0.1) is 11.3 Å². The van der Waals surface area contributed by atoms with Gasteiger partial charge in [-0.1, -0.05) is 39.3 Å². The van der Waals surface area contributed by atoms with E-state index in [-0.39, 0.29) is 10.8 Å². The number of aromatic nitrogens is 3. The summed E-state index contributed by atoms with van der Waals surface area (Å²) in [6.07, 6.45) is 1.66. The lowest BCUT2D eigenvalue weighted by Gasteiger charge is -2.30. The predicted molar refractivity (Wildman–Crippen MR) is 85.4 cm³/mol. The second-order valence-corrected chi connectivity index (χ2v) is 7.40. The second-order valence-electron chi connectivity index (χ2n) is 6.31. The number of fused-ring (bicyclic) bond motifs is 1. The van der Waals surface area contributed by atoms with E-state index in [0.29, 0.717) is 10.9 Å². The molecule has 1 atom stereocenters. The molecule has 0 aliphatic rings. The van der Waals surface area contributed by atoms with Crippen LogP contribution in [-0.4, -0.2) is 14.5 Å². The lowest BCUT2D eigenvalue weighted by atomic mass is 9.81. The van der Waals surface area contributed by atoms with Crippen molar-refractivity contribution in [2.45, 2.75) is 46.5 Å². The summed E-state index contributed by atoms with van der Waals surface area (Å²) in [6.45, 7) is 11.7. The number of hydrogen-bond donors (Lipinski definition) is 0. The first kappa shape index (κ1) is 15.6. The summed E-state index contributed by atoms with van der Waals surface area (Å²) in [5, 5.41) is 0.435. The normalized spacial score (nSPS) is 14.2. The molecule has 0 aliphatic heterocycles. The van der Waals surface area contributed by atoms with Crippen LogP contribution in [0.4, 0.5) is 0 Å². The van der Waals surface area contributed by atoms with Gasteiger partial charge in [-0.3, -0.25) is 0 Å². The van der Waals surface area contributed by atoms with E-state index in [2.05, 4.69) is 42.2 Å². The fourth-order valence-corrected chi connectivity index (χ4v) is 2.37. The van der Waals surface area contributed by atoms with Crippen molar-refractivity contribution in [2.75, 3.05) is 0 Å². The smallest absolute Gasteiger partial charge is 0.160 e. The number of alkyl halides is 1. The Bertz CT molecular complexity index is 615. The van der Waals surface area contributed by atoms with Gasteiger partial charge in [-0.05, 0) is 24.3 Å². The van der Waals surface area contributed by atoms with E-state index in [1.54, 1.807) is 6.20 Å². The third-order valence-corrected chi connectivity index (χ3v) is 4.47. The SMILES string of the molecule is CC(Cl)c1nc2cc(Cl)cnc2n1CC(C)(C)C(C)C. The van der Waals surface area contributed by atoms with Crippen molar-refractivity contribution >= 4 is 34.4 Å². The molecule has 2 rings (SSSR count). The van der Waals surface area contributed by atoms with Crippen LogP contribution in [0.1, 0.15) is 45.8 Å².